The number of hydrogen-bond donors (Lipinski definition) is 2. The van der Waals surface area contributed by atoms with Gasteiger partial charge in [0.1, 0.15) is 5.82 Å². The maximum Gasteiger partial charge on any atom is 0.335 e. The Morgan fingerprint density at radius 1 is 1.18 bits per heavy atom. The van der Waals surface area contributed by atoms with Crippen LogP contribution in [-0.4, -0.2) is 21.0 Å². The number of aryl methyl sites for hydroxylation is 2. The van der Waals surface area contributed by atoms with Crippen molar-refractivity contribution in [3.05, 3.63) is 58.2 Å². The summed E-state index contributed by atoms with van der Waals surface area (Å²) < 4.78 is 0. The highest BCUT2D eigenvalue weighted by Gasteiger charge is 2.19. The molecule has 1 aromatic carbocycles. The first-order valence-electron chi connectivity index (χ1n) is 7.44. The first kappa shape index (κ1) is 15.0. The summed E-state index contributed by atoms with van der Waals surface area (Å²) in [6.07, 6.45) is 4.45. The number of aromatic carboxylic acids is 1. The third-order valence-corrected chi connectivity index (χ3v) is 4.65. The van der Waals surface area contributed by atoms with E-state index in [0.29, 0.717) is 5.82 Å². The van der Waals surface area contributed by atoms with Crippen molar-refractivity contribution >= 4 is 18.6 Å². The lowest BCUT2D eigenvalue weighted by atomic mass is 9.95. The second kappa shape index (κ2) is 6.08. The molecule has 0 spiro atoms. The molecule has 1 aliphatic rings. The molecule has 0 amide bonds. The minimum Gasteiger partial charge on any atom is -0.478 e. The largest absolute Gasteiger partial charge is 0.478 e. The number of thiol groups is 1. The fraction of sp³-hybridized carbons (Fsp3) is 0.353. The van der Waals surface area contributed by atoms with E-state index in [1.165, 1.54) is 18.4 Å². The van der Waals surface area contributed by atoms with Crippen LogP contribution >= 0.6 is 12.6 Å². The highest BCUT2D eigenvalue weighted by Crippen LogP contribution is 2.29. The molecule has 0 fully saturated rings. The van der Waals surface area contributed by atoms with Gasteiger partial charge in [0.25, 0.3) is 0 Å². The van der Waals surface area contributed by atoms with Crippen LogP contribution in [0.15, 0.2) is 24.3 Å². The summed E-state index contributed by atoms with van der Waals surface area (Å²) in [5.41, 5.74) is 4.66. The topological polar surface area (TPSA) is 63.1 Å². The molecular formula is C17H18N2O2S. The first-order chi connectivity index (χ1) is 10.6. The maximum atomic E-state index is 10.9. The molecule has 1 atom stereocenters. The Labute approximate surface area is 135 Å². The lowest BCUT2D eigenvalue weighted by Gasteiger charge is -2.19. The number of benzene rings is 1. The van der Waals surface area contributed by atoms with Crippen molar-refractivity contribution in [3.8, 4) is 0 Å². The van der Waals surface area contributed by atoms with Crippen LogP contribution in [0.5, 0.6) is 0 Å². The number of aromatic nitrogens is 2. The third-order valence-electron chi connectivity index (χ3n) is 4.13. The number of hydrogen-bond acceptors (Lipinski definition) is 4. The van der Waals surface area contributed by atoms with Crippen molar-refractivity contribution in [2.45, 2.75) is 37.9 Å². The van der Waals surface area contributed by atoms with Crippen LogP contribution in [0.1, 0.15) is 56.8 Å². The Hall–Kier alpha value is -1.88. The molecule has 0 saturated heterocycles. The third kappa shape index (κ3) is 2.86. The zero-order valence-corrected chi connectivity index (χ0v) is 13.3. The first-order valence-corrected chi connectivity index (χ1v) is 7.95. The fourth-order valence-electron chi connectivity index (χ4n) is 2.88. The van der Waals surface area contributed by atoms with Gasteiger partial charge in [0.15, 0.2) is 0 Å². The van der Waals surface area contributed by atoms with Gasteiger partial charge in [0.2, 0.25) is 0 Å². The Balaban J connectivity index is 1.93. The molecular weight excluding hydrogens is 296 g/mol. The number of fused-ring (bicyclic) bond motifs is 1. The van der Waals surface area contributed by atoms with Crippen LogP contribution in [0.25, 0.3) is 0 Å². The summed E-state index contributed by atoms with van der Waals surface area (Å²) in [6.45, 7) is 2.03. The van der Waals surface area contributed by atoms with E-state index in [2.05, 4.69) is 17.6 Å². The normalized spacial score (nSPS) is 15.2. The number of carboxylic acids is 1. The van der Waals surface area contributed by atoms with Crippen molar-refractivity contribution in [1.82, 2.24) is 9.97 Å². The van der Waals surface area contributed by atoms with Gasteiger partial charge in [-0.15, -0.1) is 0 Å². The molecule has 0 radical (unpaired) electrons. The van der Waals surface area contributed by atoms with E-state index in [1.54, 1.807) is 24.3 Å². The van der Waals surface area contributed by atoms with Crippen molar-refractivity contribution in [2.24, 2.45) is 0 Å². The second-order valence-corrected chi connectivity index (χ2v) is 6.15. The predicted molar refractivity (Wildman–Crippen MR) is 87.6 cm³/mol. The Morgan fingerprint density at radius 2 is 1.86 bits per heavy atom. The predicted octanol–water partition coefficient (Wildman–Crippen LogP) is 3.38. The quantitative estimate of drug-likeness (QED) is 0.853. The lowest BCUT2D eigenvalue weighted by Crippen LogP contribution is -2.13. The molecule has 3 rings (SSSR count). The maximum absolute atomic E-state index is 10.9. The van der Waals surface area contributed by atoms with E-state index in [-0.39, 0.29) is 10.8 Å². The summed E-state index contributed by atoms with van der Waals surface area (Å²) in [4.78, 5) is 20.2. The molecule has 0 aliphatic heterocycles. The van der Waals surface area contributed by atoms with Gasteiger partial charge in [0, 0.05) is 11.4 Å². The van der Waals surface area contributed by atoms with E-state index >= 15 is 0 Å². The van der Waals surface area contributed by atoms with Crippen LogP contribution in [0.3, 0.4) is 0 Å². The monoisotopic (exact) mass is 314 g/mol. The van der Waals surface area contributed by atoms with Crippen molar-refractivity contribution < 1.29 is 9.90 Å². The van der Waals surface area contributed by atoms with Gasteiger partial charge in [-0.25, -0.2) is 14.8 Å². The highest BCUT2D eigenvalue weighted by atomic mass is 32.1. The Bertz CT molecular complexity index is 713. The van der Waals surface area contributed by atoms with Crippen LogP contribution in [-0.2, 0) is 12.8 Å². The summed E-state index contributed by atoms with van der Waals surface area (Å²) >= 11 is 4.64. The number of carbonyl (C=O) groups is 1. The van der Waals surface area contributed by atoms with Gasteiger partial charge in [-0.3, -0.25) is 0 Å². The molecule has 1 unspecified atom stereocenters. The summed E-state index contributed by atoms with van der Waals surface area (Å²) in [5, 5.41) is 8.71. The molecule has 2 aromatic rings. The molecule has 0 bridgehead atoms. The van der Waals surface area contributed by atoms with Gasteiger partial charge in [-0.05, 0) is 55.9 Å². The number of nitrogens with zero attached hydrogens (tertiary/aromatic N) is 2. The molecule has 0 saturated carbocycles. The number of rotatable bonds is 3. The van der Waals surface area contributed by atoms with Gasteiger partial charge in [0.05, 0.1) is 10.8 Å². The van der Waals surface area contributed by atoms with E-state index in [9.17, 15) is 4.79 Å². The molecule has 22 heavy (non-hydrogen) atoms. The minimum atomic E-state index is -0.928. The van der Waals surface area contributed by atoms with Crippen molar-refractivity contribution in [2.75, 3.05) is 0 Å². The van der Waals surface area contributed by atoms with Crippen molar-refractivity contribution in [1.29, 1.82) is 0 Å². The van der Waals surface area contributed by atoms with Crippen LogP contribution < -0.4 is 0 Å². The smallest absolute Gasteiger partial charge is 0.335 e. The zero-order valence-electron chi connectivity index (χ0n) is 12.4. The molecule has 1 aromatic heterocycles. The zero-order chi connectivity index (χ0) is 15.7. The van der Waals surface area contributed by atoms with Crippen LogP contribution in [0, 0.1) is 6.92 Å². The molecule has 114 valence electrons. The van der Waals surface area contributed by atoms with Crippen LogP contribution in [0.4, 0.5) is 0 Å². The second-order valence-electron chi connectivity index (χ2n) is 5.63. The average Bonchev–Trinajstić information content (AvgIpc) is 2.54. The van der Waals surface area contributed by atoms with Crippen LogP contribution in [0.2, 0.25) is 0 Å². The molecule has 4 nitrogen and oxygen atoms in total. The Kier molecular flexibility index (Phi) is 4.16. The lowest BCUT2D eigenvalue weighted by molar-refractivity contribution is 0.0697. The SMILES string of the molecule is Cc1nc(C(S)c2ccc(C(=O)O)cc2)nc2c1CCCC2. The Morgan fingerprint density at radius 3 is 2.55 bits per heavy atom. The molecule has 1 N–H and O–H groups in total. The van der Waals surface area contributed by atoms with Crippen molar-refractivity contribution in [3.63, 3.8) is 0 Å². The minimum absolute atomic E-state index is 0.242. The molecule has 1 heterocycles. The fourth-order valence-corrected chi connectivity index (χ4v) is 3.17. The summed E-state index contributed by atoms with van der Waals surface area (Å²) in [5.74, 6) is -0.229. The van der Waals surface area contributed by atoms with E-state index in [1.807, 2.05) is 6.92 Å². The highest BCUT2D eigenvalue weighted by molar-refractivity contribution is 7.80. The van der Waals surface area contributed by atoms with E-state index in [4.69, 9.17) is 10.1 Å². The van der Waals surface area contributed by atoms with Gasteiger partial charge in [-0.1, -0.05) is 12.1 Å². The number of carboxylic acid groups (broad SMARTS) is 1. The van der Waals surface area contributed by atoms with Gasteiger partial charge in [-0.2, -0.15) is 12.6 Å². The average molecular weight is 314 g/mol. The van der Waals surface area contributed by atoms with E-state index < -0.39 is 5.97 Å². The summed E-state index contributed by atoms with van der Waals surface area (Å²) in [6, 6.07) is 6.73. The summed E-state index contributed by atoms with van der Waals surface area (Å²) in [7, 11) is 0. The van der Waals surface area contributed by atoms with E-state index in [0.717, 1.165) is 29.8 Å². The standard InChI is InChI=1S/C17H18N2O2S/c1-10-13-4-2-3-5-14(13)19-16(18-10)15(22)11-6-8-12(9-7-11)17(20)21/h6-9,15,22H,2-5H2,1H3,(H,20,21). The molecule has 1 aliphatic carbocycles. The van der Waals surface area contributed by atoms with Gasteiger partial charge < -0.3 is 5.11 Å². The van der Waals surface area contributed by atoms with Gasteiger partial charge >= 0.3 is 5.97 Å². The molecule has 5 heteroatoms.